The van der Waals surface area contributed by atoms with Gasteiger partial charge in [-0.3, -0.25) is 10.5 Å². The molecule has 0 saturated carbocycles. The van der Waals surface area contributed by atoms with E-state index in [4.69, 9.17) is 9.72 Å². The molecule has 3 aromatic heterocycles. The van der Waals surface area contributed by atoms with E-state index in [9.17, 15) is 5.26 Å². The molecule has 3 N–H and O–H groups in total. The second-order valence-corrected chi connectivity index (χ2v) is 7.59. The maximum absolute atomic E-state index is 9.31. The number of hydrogen-bond donors (Lipinski definition) is 3. The van der Waals surface area contributed by atoms with Crippen molar-refractivity contribution in [3.8, 4) is 28.3 Å². The molecule has 1 aliphatic rings. The lowest BCUT2D eigenvalue weighted by Gasteiger charge is -2.22. The molecule has 0 amide bonds. The normalized spacial score (nSPS) is 14.6. The van der Waals surface area contributed by atoms with Crippen LogP contribution in [0.2, 0.25) is 0 Å². The number of H-pyrrole nitrogens is 1. The first kappa shape index (κ1) is 19.2. The molecule has 0 atom stereocenters. The second kappa shape index (κ2) is 8.18. The van der Waals surface area contributed by atoms with Crippen LogP contribution in [0.25, 0.3) is 27.9 Å². The number of fused-ring (bicyclic) bond motifs is 1. The lowest BCUT2D eigenvalue weighted by Crippen LogP contribution is -2.38. The number of aromatic amines is 1. The van der Waals surface area contributed by atoms with Crippen LogP contribution in [0.4, 0.5) is 5.95 Å². The van der Waals surface area contributed by atoms with Crippen molar-refractivity contribution in [2.75, 3.05) is 18.6 Å². The number of pyridine rings is 1. The quantitative estimate of drug-likeness (QED) is 0.430. The number of ether oxygens (including phenoxy) is 1. The lowest BCUT2D eigenvalue weighted by molar-refractivity contribution is 0.0797. The van der Waals surface area contributed by atoms with Crippen LogP contribution in [0.3, 0.4) is 0 Å². The Morgan fingerprint density at radius 1 is 1.23 bits per heavy atom. The molecule has 5 rings (SSSR count). The number of hydrazine groups is 1. The van der Waals surface area contributed by atoms with Gasteiger partial charge in [-0.25, -0.2) is 9.94 Å². The molecule has 1 aromatic carbocycles. The summed E-state index contributed by atoms with van der Waals surface area (Å²) in [6.07, 6.45) is 7.42. The molecule has 4 heterocycles. The summed E-state index contributed by atoms with van der Waals surface area (Å²) in [5.41, 5.74) is 12.6. The summed E-state index contributed by atoms with van der Waals surface area (Å²) < 4.78 is 7.17. The van der Waals surface area contributed by atoms with Crippen molar-refractivity contribution in [2.45, 2.75) is 25.8 Å². The van der Waals surface area contributed by atoms with Gasteiger partial charge in [0.15, 0.2) is 5.65 Å². The summed E-state index contributed by atoms with van der Waals surface area (Å²) in [6.45, 7) is 3.46. The van der Waals surface area contributed by atoms with E-state index in [1.807, 2.05) is 43.6 Å². The molecule has 1 fully saturated rings. The van der Waals surface area contributed by atoms with Gasteiger partial charge in [-0.1, -0.05) is 6.07 Å². The van der Waals surface area contributed by atoms with E-state index in [2.05, 4.69) is 32.2 Å². The second-order valence-electron chi connectivity index (χ2n) is 7.59. The molecule has 156 valence electrons. The maximum Gasteiger partial charge on any atom is 0.257 e. The SMILES string of the molecule is Cc1cc(-c2c(-c3cn[nH]c3)ccn3nc(NNC4CCOCC4)nc23)ccc1C#N. The number of nitriles is 1. The fraction of sp³-hybridized carbons (Fsp3) is 0.273. The Hall–Kier alpha value is -3.74. The third kappa shape index (κ3) is 3.74. The average Bonchev–Trinajstić information content (AvgIpc) is 3.47. The van der Waals surface area contributed by atoms with Crippen LogP contribution in [0.1, 0.15) is 24.0 Å². The number of aromatic nitrogens is 5. The van der Waals surface area contributed by atoms with Gasteiger partial charge in [-0.2, -0.15) is 15.3 Å². The summed E-state index contributed by atoms with van der Waals surface area (Å²) in [5.74, 6) is 0.502. The van der Waals surface area contributed by atoms with Crippen molar-refractivity contribution in [2.24, 2.45) is 0 Å². The van der Waals surface area contributed by atoms with Gasteiger partial charge in [0, 0.05) is 42.8 Å². The molecule has 1 saturated heterocycles. The van der Waals surface area contributed by atoms with Crippen LogP contribution in [-0.4, -0.2) is 44.1 Å². The number of benzene rings is 1. The average molecular weight is 414 g/mol. The van der Waals surface area contributed by atoms with E-state index in [1.165, 1.54) is 0 Å². The van der Waals surface area contributed by atoms with Gasteiger partial charge in [0.2, 0.25) is 0 Å². The predicted octanol–water partition coefficient (Wildman–Crippen LogP) is 3.06. The highest BCUT2D eigenvalue weighted by atomic mass is 16.5. The third-order valence-corrected chi connectivity index (χ3v) is 5.56. The summed E-state index contributed by atoms with van der Waals surface area (Å²) in [4.78, 5) is 4.77. The van der Waals surface area contributed by atoms with E-state index < -0.39 is 0 Å². The number of rotatable bonds is 5. The number of nitrogens with zero attached hydrogens (tertiary/aromatic N) is 5. The molecule has 9 heteroatoms. The summed E-state index contributed by atoms with van der Waals surface area (Å²) >= 11 is 0. The Morgan fingerprint density at radius 3 is 2.84 bits per heavy atom. The monoisotopic (exact) mass is 414 g/mol. The molecule has 31 heavy (non-hydrogen) atoms. The third-order valence-electron chi connectivity index (χ3n) is 5.56. The van der Waals surface area contributed by atoms with Gasteiger partial charge in [-0.05, 0) is 54.7 Å². The smallest absolute Gasteiger partial charge is 0.257 e. The van der Waals surface area contributed by atoms with Crippen LogP contribution in [-0.2, 0) is 4.74 Å². The minimum absolute atomic E-state index is 0.322. The zero-order valence-corrected chi connectivity index (χ0v) is 17.1. The number of hydrogen-bond acceptors (Lipinski definition) is 7. The first-order valence-electron chi connectivity index (χ1n) is 10.2. The Kier molecular flexibility index (Phi) is 5.08. The van der Waals surface area contributed by atoms with Crippen LogP contribution < -0.4 is 10.9 Å². The minimum atomic E-state index is 0.322. The molecular formula is C22H22N8O. The van der Waals surface area contributed by atoms with Gasteiger partial charge < -0.3 is 4.74 Å². The minimum Gasteiger partial charge on any atom is -0.381 e. The van der Waals surface area contributed by atoms with Gasteiger partial charge in [0.05, 0.1) is 17.8 Å². The van der Waals surface area contributed by atoms with Crippen molar-refractivity contribution in [3.63, 3.8) is 0 Å². The molecule has 0 unspecified atom stereocenters. The topological polar surface area (TPSA) is 116 Å². The lowest BCUT2D eigenvalue weighted by atomic mass is 9.95. The van der Waals surface area contributed by atoms with Crippen LogP contribution >= 0.6 is 0 Å². The Bertz CT molecular complexity index is 1250. The van der Waals surface area contributed by atoms with E-state index in [0.29, 0.717) is 17.6 Å². The highest BCUT2D eigenvalue weighted by Crippen LogP contribution is 2.35. The maximum atomic E-state index is 9.31. The largest absolute Gasteiger partial charge is 0.381 e. The first-order valence-corrected chi connectivity index (χ1v) is 10.2. The zero-order chi connectivity index (χ0) is 21.2. The molecular weight excluding hydrogens is 392 g/mol. The first-order chi connectivity index (χ1) is 15.2. The Morgan fingerprint density at radius 2 is 2.10 bits per heavy atom. The summed E-state index contributed by atoms with van der Waals surface area (Å²) in [5, 5.41) is 20.9. The number of aryl methyl sites for hydroxylation is 1. The van der Waals surface area contributed by atoms with Gasteiger partial charge >= 0.3 is 0 Å². The molecule has 0 bridgehead atoms. The highest BCUT2D eigenvalue weighted by molar-refractivity contribution is 5.92. The Labute approximate surface area is 179 Å². The molecule has 0 spiro atoms. The molecule has 0 radical (unpaired) electrons. The molecule has 4 aromatic rings. The van der Waals surface area contributed by atoms with Gasteiger partial charge in [-0.15, -0.1) is 5.10 Å². The van der Waals surface area contributed by atoms with Crippen molar-refractivity contribution in [1.29, 1.82) is 5.26 Å². The summed E-state index contributed by atoms with van der Waals surface area (Å²) in [6, 6.07) is 10.4. The van der Waals surface area contributed by atoms with Gasteiger partial charge in [0.1, 0.15) is 0 Å². The van der Waals surface area contributed by atoms with E-state index in [0.717, 1.165) is 59.5 Å². The zero-order valence-electron chi connectivity index (χ0n) is 17.1. The van der Waals surface area contributed by atoms with Crippen molar-refractivity contribution in [3.05, 3.63) is 54.0 Å². The molecule has 0 aliphatic carbocycles. The van der Waals surface area contributed by atoms with Crippen LogP contribution in [0.15, 0.2) is 42.9 Å². The fourth-order valence-corrected chi connectivity index (χ4v) is 3.88. The van der Waals surface area contributed by atoms with Gasteiger partial charge in [0.25, 0.3) is 5.95 Å². The van der Waals surface area contributed by atoms with Crippen molar-refractivity contribution < 1.29 is 4.74 Å². The van der Waals surface area contributed by atoms with E-state index >= 15 is 0 Å². The number of anilines is 1. The van der Waals surface area contributed by atoms with Crippen molar-refractivity contribution in [1.82, 2.24) is 30.2 Å². The van der Waals surface area contributed by atoms with E-state index in [1.54, 1.807) is 10.7 Å². The number of nitrogens with one attached hydrogen (secondary N) is 3. The predicted molar refractivity (Wildman–Crippen MR) is 116 cm³/mol. The van der Waals surface area contributed by atoms with Crippen LogP contribution in [0.5, 0.6) is 0 Å². The van der Waals surface area contributed by atoms with Crippen molar-refractivity contribution >= 4 is 11.6 Å². The van der Waals surface area contributed by atoms with E-state index in [-0.39, 0.29) is 0 Å². The summed E-state index contributed by atoms with van der Waals surface area (Å²) in [7, 11) is 0. The highest BCUT2D eigenvalue weighted by Gasteiger charge is 2.18. The fourth-order valence-electron chi connectivity index (χ4n) is 3.88. The Balaban J connectivity index is 1.58. The molecule has 9 nitrogen and oxygen atoms in total. The molecule has 1 aliphatic heterocycles. The van der Waals surface area contributed by atoms with Crippen LogP contribution in [0, 0.1) is 18.3 Å². The standard InChI is InChI=1S/C22H22N8O/c1-14-10-15(2-3-16(14)11-23)20-19(17-12-24-25-13-17)4-7-30-21(20)26-22(29-30)28-27-18-5-8-31-9-6-18/h2-4,7,10,12-13,18,27H,5-6,8-9H2,1H3,(H,24,25)(H,28,29).